The quantitative estimate of drug-likeness (QED) is 0.628. The summed E-state index contributed by atoms with van der Waals surface area (Å²) in [6.45, 7) is 0. The number of halogens is 1. The molecule has 2 aromatic rings. The zero-order valence-corrected chi connectivity index (χ0v) is 19.6. The van der Waals surface area contributed by atoms with Gasteiger partial charge in [-0.05, 0) is 37.1 Å². The number of benzene rings is 1. The molecule has 186 valence electrons. The summed E-state index contributed by atoms with van der Waals surface area (Å²) in [5.74, 6) is -3.61. The second-order valence-corrected chi connectivity index (χ2v) is 9.93. The number of ether oxygens (including phenoxy) is 1. The molecule has 2 N–H and O–H groups in total. The number of aromatic nitrogens is 1. The summed E-state index contributed by atoms with van der Waals surface area (Å²) in [6.07, 6.45) is 11.0. The molecular formula is C27H27FN4O4. The van der Waals surface area contributed by atoms with Gasteiger partial charge in [0.1, 0.15) is 17.5 Å². The average Bonchev–Trinajstić information content (AvgIpc) is 3.54. The number of carbonyl (C=O) groups is 3. The summed E-state index contributed by atoms with van der Waals surface area (Å²) in [4.78, 5) is 46.7. The monoisotopic (exact) mass is 490 g/mol. The molecule has 3 fully saturated rings. The van der Waals surface area contributed by atoms with Gasteiger partial charge in [0.15, 0.2) is 0 Å². The summed E-state index contributed by atoms with van der Waals surface area (Å²) in [5, 5.41) is 5.77. The normalized spacial score (nSPS) is 30.9. The van der Waals surface area contributed by atoms with Gasteiger partial charge >= 0.3 is 0 Å². The third kappa shape index (κ3) is 3.52. The van der Waals surface area contributed by atoms with Gasteiger partial charge < -0.3 is 15.4 Å². The lowest BCUT2D eigenvalue weighted by atomic mass is 9.74. The zero-order chi connectivity index (χ0) is 24.9. The first kappa shape index (κ1) is 22.8. The van der Waals surface area contributed by atoms with Crippen LogP contribution in [-0.4, -0.2) is 46.5 Å². The molecule has 6 rings (SSSR count). The molecule has 3 amide bonds. The molecule has 4 aliphatic rings. The van der Waals surface area contributed by atoms with E-state index >= 15 is 0 Å². The van der Waals surface area contributed by atoms with Crippen molar-refractivity contribution in [3.05, 3.63) is 66.8 Å². The van der Waals surface area contributed by atoms with E-state index in [2.05, 4.69) is 15.6 Å². The fraction of sp³-hybridized carbons (Fsp3) is 0.407. The van der Waals surface area contributed by atoms with Gasteiger partial charge in [0, 0.05) is 12.2 Å². The largest absolute Gasteiger partial charge is 0.359 e. The molecule has 1 saturated carbocycles. The van der Waals surface area contributed by atoms with E-state index in [9.17, 15) is 18.8 Å². The van der Waals surface area contributed by atoms with Crippen molar-refractivity contribution in [1.82, 2.24) is 10.3 Å². The van der Waals surface area contributed by atoms with Crippen LogP contribution in [0, 0.1) is 17.7 Å². The minimum Gasteiger partial charge on any atom is -0.359 e. The van der Waals surface area contributed by atoms with Crippen LogP contribution in [0.2, 0.25) is 0 Å². The highest BCUT2D eigenvalue weighted by molar-refractivity contribution is 6.11. The Bertz CT molecular complexity index is 1230. The molecule has 3 aliphatic heterocycles. The molecule has 0 radical (unpaired) electrons. The zero-order valence-electron chi connectivity index (χ0n) is 19.6. The van der Waals surface area contributed by atoms with Crippen molar-refractivity contribution in [2.75, 3.05) is 10.2 Å². The van der Waals surface area contributed by atoms with Crippen LogP contribution >= 0.6 is 0 Å². The topological polar surface area (TPSA) is 101 Å². The third-order valence-corrected chi connectivity index (χ3v) is 7.83. The highest BCUT2D eigenvalue weighted by atomic mass is 19.1. The molecule has 5 atom stereocenters. The van der Waals surface area contributed by atoms with E-state index in [0.29, 0.717) is 5.69 Å². The molecule has 8 nitrogen and oxygen atoms in total. The minimum absolute atomic E-state index is 0.0319. The molecule has 1 spiro atoms. The van der Waals surface area contributed by atoms with Crippen LogP contribution in [-0.2, 0) is 19.1 Å². The van der Waals surface area contributed by atoms with Gasteiger partial charge in [0.05, 0.1) is 35.5 Å². The van der Waals surface area contributed by atoms with Crippen LogP contribution in [0.5, 0.6) is 0 Å². The van der Waals surface area contributed by atoms with Crippen LogP contribution in [0.4, 0.5) is 15.8 Å². The molecule has 2 bridgehead atoms. The minimum atomic E-state index is -1.30. The molecule has 2 saturated heterocycles. The predicted molar refractivity (Wildman–Crippen MR) is 129 cm³/mol. The van der Waals surface area contributed by atoms with Crippen LogP contribution in [0.15, 0.2) is 60.9 Å². The molecule has 1 aromatic heterocycles. The molecule has 0 unspecified atom stereocenters. The Morgan fingerprint density at radius 1 is 1.08 bits per heavy atom. The Labute approximate surface area is 207 Å². The molecule has 1 aliphatic carbocycles. The van der Waals surface area contributed by atoms with Gasteiger partial charge in [-0.2, -0.15) is 0 Å². The van der Waals surface area contributed by atoms with Gasteiger partial charge in [0.25, 0.3) is 0 Å². The number of nitrogens with zero attached hydrogens (tertiary/aromatic N) is 2. The number of fused-ring (bicyclic) bond motifs is 1. The number of rotatable bonds is 5. The fourth-order valence-electron chi connectivity index (χ4n) is 6.25. The number of para-hydroxylation sites is 1. The second-order valence-electron chi connectivity index (χ2n) is 9.93. The Balaban J connectivity index is 1.36. The fourth-order valence-corrected chi connectivity index (χ4v) is 6.25. The summed E-state index contributed by atoms with van der Waals surface area (Å²) in [7, 11) is 0. The predicted octanol–water partition coefficient (Wildman–Crippen LogP) is 2.96. The van der Waals surface area contributed by atoms with Gasteiger partial charge in [-0.3, -0.25) is 24.3 Å². The molecule has 36 heavy (non-hydrogen) atoms. The van der Waals surface area contributed by atoms with E-state index in [-0.39, 0.29) is 23.5 Å². The smallest absolute Gasteiger partial charge is 0.246 e. The third-order valence-electron chi connectivity index (χ3n) is 7.83. The lowest BCUT2D eigenvalue weighted by molar-refractivity contribution is -0.129. The van der Waals surface area contributed by atoms with E-state index < -0.39 is 41.3 Å². The second kappa shape index (κ2) is 8.81. The Kier molecular flexibility index (Phi) is 5.59. The first-order chi connectivity index (χ1) is 17.5. The van der Waals surface area contributed by atoms with E-state index in [1.807, 2.05) is 0 Å². The van der Waals surface area contributed by atoms with Gasteiger partial charge in [-0.1, -0.05) is 43.5 Å². The lowest BCUT2D eigenvalue weighted by Gasteiger charge is -2.34. The van der Waals surface area contributed by atoms with Crippen molar-refractivity contribution in [1.29, 1.82) is 0 Å². The lowest BCUT2D eigenvalue weighted by Crippen LogP contribution is -2.56. The van der Waals surface area contributed by atoms with E-state index in [1.54, 1.807) is 36.5 Å². The van der Waals surface area contributed by atoms with Crippen molar-refractivity contribution in [2.24, 2.45) is 11.8 Å². The number of nitrogens with one attached hydrogen (secondary N) is 2. The maximum atomic E-state index is 14.2. The first-order valence-electron chi connectivity index (χ1n) is 12.5. The van der Waals surface area contributed by atoms with E-state index in [1.165, 1.54) is 29.3 Å². The first-order valence-corrected chi connectivity index (χ1v) is 12.5. The number of carbonyl (C=O) groups excluding carboxylic acids is 3. The summed E-state index contributed by atoms with van der Waals surface area (Å²) in [5.41, 5.74) is -0.804. The van der Waals surface area contributed by atoms with Gasteiger partial charge in [-0.15, -0.1) is 0 Å². The van der Waals surface area contributed by atoms with E-state index in [4.69, 9.17) is 4.74 Å². The van der Waals surface area contributed by atoms with Crippen LogP contribution in [0.25, 0.3) is 0 Å². The maximum Gasteiger partial charge on any atom is 0.246 e. The molecule has 1 aromatic carbocycles. The molecule has 9 heteroatoms. The Morgan fingerprint density at radius 2 is 1.89 bits per heavy atom. The van der Waals surface area contributed by atoms with E-state index in [0.717, 1.165) is 32.1 Å². The average molecular weight is 491 g/mol. The SMILES string of the molecule is O=C(Nc1ccccc1F)[C@@H]1[C@H]2C=C[C@@]3(O2)[C@H]1C(=O)N(c1cccnc1)[C@@H]3C(=O)NC1CCCCC1. The van der Waals surface area contributed by atoms with Crippen LogP contribution in [0.3, 0.4) is 0 Å². The standard InChI is InChI=1S/C27H27FN4O4/c28-18-10-4-5-11-19(18)31-24(33)21-20-12-13-27(36-20)22(21)26(35)32(17-9-6-14-29-15-17)23(27)25(34)30-16-7-2-1-3-8-16/h4-6,9-16,20-23H,1-3,7-8H2,(H,30,34)(H,31,33)/t20-,21-,22-,23-,27-/m1/s1. The van der Waals surface area contributed by atoms with Crippen LogP contribution < -0.4 is 15.5 Å². The van der Waals surface area contributed by atoms with Gasteiger partial charge in [-0.25, -0.2) is 4.39 Å². The Hall–Kier alpha value is -3.59. The number of anilines is 2. The van der Waals surface area contributed by atoms with Crippen molar-refractivity contribution in [3.8, 4) is 0 Å². The van der Waals surface area contributed by atoms with Gasteiger partial charge in [0.2, 0.25) is 17.7 Å². The van der Waals surface area contributed by atoms with Crippen molar-refractivity contribution < 1.29 is 23.5 Å². The Morgan fingerprint density at radius 3 is 2.64 bits per heavy atom. The highest BCUT2D eigenvalue weighted by Gasteiger charge is 2.73. The number of pyridine rings is 1. The van der Waals surface area contributed by atoms with Crippen LogP contribution in [0.1, 0.15) is 32.1 Å². The molecule has 4 heterocycles. The summed E-state index contributed by atoms with van der Waals surface area (Å²) in [6, 6.07) is 8.33. The summed E-state index contributed by atoms with van der Waals surface area (Å²) < 4.78 is 20.6. The highest BCUT2D eigenvalue weighted by Crippen LogP contribution is 2.56. The number of amides is 3. The maximum absolute atomic E-state index is 14.2. The number of hydrogen-bond donors (Lipinski definition) is 2. The van der Waals surface area contributed by atoms with Crippen molar-refractivity contribution in [2.45, 2.75) is 55.9 Å². The van der Waals surface area contributed by atoms with Crippen molar-refractivity contribution in [3.63, 3.8) is 0 Å². The van der Waals surface area contributed by atoms with Crippen molar-refractivity contribution >= 4 is 29.1 Å². The number of hydrogen-bond acceptors (Lipinski definition) is 5. The molecular weight excluding hydrogens is 463 g/mol. The summed E-state index contributed by atoms with van der Waals surface area (Å²) >= 11 is 0.